The lowest BCUT2D eigenvalue weighted by Crippen LogP contribution is -2.27. The van der Waals surface area contributed by atoms with Gasteiger partial charge in [-0.2, -0.15) is 10.1 Å². The molecule has 1 aliphatic heterocycles. The number of para-hydroxylation sites is 2. The first kappa shape index (κ1) is 21.1. The fraction of sp³-hybridized carbons (Fsp3) is 0.308. The molecule has 31 heavy (non-hydrogen) atoms. The third kappa shape index (κ3) is 4.32. The van der Waals surface area contributed by atoms with Crippen molar-refractivity contribution in [3.05, 3.63) is 71.9 Å². The maximum absolute atomic E-state index is 13.1. The number of aromatic nitrogens is 1. The van der Waals surface area contributed by atoms with Crippen LogP contribution < -0.4 is 5.01 Å². The number of amides is 1. The summed E-state index contributed by atoms with van der Waals surface area (Å²) in [6.07, 6.45) is 6.43. The second-order valence-electron chi connectivity index (χ2n) is 8.03. The highest BCUT2D eigenvalue weighted by Gasteiger charge is 2.29. The van der Waals surface area contributed by atoms with Crippen LogP contribution in [0.25, 0.3) is 17.0 Å². The first-order valence-electron chi connectivity index (χ1n) is 11.1. The van der Waals surface area contributed by atoms with Crippen LogP contribution in [0.5, 0.6) is 0 Å². The smallest absolute Gasteiger partial charge is 0.280 e. The molecule has 3 aromatic rings. The standard InChI is InChI=1S/C26H30N4O/c1-4-15-28(16-5-2)19-29-18-21(23-13-9-10-14-25(23)29)17-24-20(3)27-30(26(24)31)22-11-7-6-8-12-22/h6-14,17-18H,4-5,15-16,19H2,1-3H3/b24-17+. The molecule has 1 amide bonds. The number of carbonyl (C=O) groups excluding carboxylic acids is 1. The number of rotatable bonds is 8. The van der Waals surface area contributed by atoms with E-state index in [4.69, 9.17) is 0 Å². The van der Waals surface area contributed by atoms with Crippen LogP contribution in [-0.4, -0.2) is 34.2 Å². The van der Waals surface area contributed by atoms with Gasteiger partial charge in [-0.1, -0.05) is 50.2 Å². The Balaban J connectivity index is 1.69. The number of hydrogen-bond donors (Lipinski definition) is 0. The predicted molar refractivity (Wildman–Crippen MR) is 129 cm³/mol. The van der Waals surface area contributed by atoms with Gasteiger partial charge in [0.05, 0.1) is 23.6 Å². The van der Waals surface area contributed by atoms with E-state index >= 15 is 0 Å². The third-order valence-electron chi connectivity index (χ3n) is 5.61. The van der Waals surface area contributed by atoms with Crippen molar-refractivity contribution in [3.63, 3.8) is 0 Å². The Morgan fingerprint density at radius 2 is 1.65 bits per heavy atom. The summed E-state index contributed by atoms with van der Waals surface area (Å²) in [7, 11) is 0. The molecule has 160 valence electrons. The summed E-state index contributed by atoms with van der Waals surface area (Å²) in [5.41, 5.74) is 4.41. The monoisotopic (exact) mass is 414 g/mol. The molecule has 2 aromatic carbocycles. The summed E-state index contributed by atoms with van der Waals surface area (Å²) in [5.74, 6) is -0.0841. The molecule has 0 bridgehead atoms. The molecule has 0 saturated carbocycles. The third-order valence-corrected chi connectivity index (χ3v) is 5.61. The Bertz CT molecular complexity index is 1120. The minimum Gasteiger partial charge on any atom is -0.333 e. The molecule has 5 nitrogen and oxygen atoms in total. The van der Waals surface area contributed by atoms with Crippen LogP contribution >= 0.6 is 0 Å². The summed E-state index contributed by atoms with van der Waals surface area (Å²) in [4.78, 5) is 15.6. The molecule has 4 rings (SSSR count). The number of carbonyl (C=O) groups is 1. The maximum atomic E-state index is 13.1. The average Bonchev–Trinajstić information content (AvgIpc) is 3.27. The first-order valence-corrected chi connectivity index (χ1v) is 11.1. The van der Waals surface area contributed by atoms with Gasteiger partial charge in [-0.25, -0.2) is 0 Å². The number of hydrazone groups is 1. The number of anilines is 1. The quantitative estimate of drug-likeness (QED) is 0.455. The molecule has 5 heteroatoms. The lowest BCUT2D eigenvalue weighted by Gasteiger charge is -2.22. The van der Waals surface area contributed by atoms with Crippen LogP contribution in [-0.2, 0) is 11.5 Å². The molecule has 0 saturated heterocycles. The average molecular weight is 415 g/mol. The Morgan fingerprint density at radius 1 is 0.968 bits per heavy atom. The fourth-order valence-electron chi connectivity index (χ4n) is 4.19. The highest BCUT2D eigenvalue weighted by Crippen LogP contribution is 2.28. The van der Waals surface area contributed by atoms with Gasteiger partial charge in [-0.05, 0) is 57.1 Å². The summed E-state index contributed by atoms with van der Waals surface area (Å²) in [5, 5.41) is 7.16. The minimum absolute atomic E-state index is 0.0841. The van der Waals surface area contributed by atoms with Gasteiger partial charge in [0.1, 0.15) is 0 Å². The van der Waals surface area contributed by atoms with Gasteiger partial charge < -0.3 is 4.57 Å². The van der Waals surface area contributed by atoms with Crippen LogP contribution in [0, 0.1) is 0 Å². The molecule has 0 aliphatic carbocycles. The van der Waals surface area contributed by atoms with Crippen LogP contribution in [0.1, 0.15) is 39.2 Å². The van der Waals surface area contributed by atoms with Crippen LogP contribution in [0.4, 0.5) is 5.69 Å². The topological polar surface area (TPSA) is 40.8 Å². The summed E-state index contributed by atoms with van der Waals surface area (Å²) < 4.78 is 2.30. The van der Waals surface area contributed by atoms with Crippen molar-refractivity contribution in [1.82, 2.24) is 9.47 Å². The summed E-state index contributed by atoms with van der Waals surface area (Å²) >= 11 is 0. The Hall–Kier alpha value is -3.18. The van der Waals surface area contributed by atoms with Gasteiger partial charge in [0, 0.05) is 22.7 Å². The van der Waals surface area contributed by atoms with Crippen molar-refractivity contribution in [3.8, 4) is 0 Å². The summed E-state index contributed by atoms with van der Waals surface area (Å²) in [6, 6.07) is 18.0. The Kier molecular flexibility index (Phi) is 6.33. The van der Waals surface area contributed by atoms with Crippen molar-refractivity contribution < 1.29 is 4.79 Å². The van der Waals surface area contributed by atoms with Gasteiger partial charge in [0.2, 0.25) is 0 Å². The van der Waals surface area contributed by atoms with E-state index < -0.39 is 0 Å². The van der Waals surface area contributed by atoms with E-state index in [1.165, 1.54) is 10.5 Å². The zero-order chi connectivity index (χ0) is 21.8. The molecule has 0 atom stereocenters. The normalized spacial score (nSPS) is 15.5. The fourth-order valence-corrected chi connectivity index (χ4v) is 4.19. The Morgan fingerprint density at radius 3 is 2.35 bits per heavy atom. The molecule has 0 fully saturated rings. The molecular formula is C26H30N4O. The first-order chi connectivity index (χ1) is 15.1. The SMILES string of the molecule is CCCN(CCC)Cn1cc(/C=C2/C(=O)N(c3ccccc3)N=C2C)c2ccccc21. The molecule has 2 heterocycles. The van der Waals surface area contributed by atoms with Crippen LogP contribution in [0.2, 0.25) is 0 Å². The van der Waals surface area contributed by atoms with Crippen molar-refractivity contribution >= 4 is 34.3 Å². The van der Waals surface area contributed by atoms with E-state index in [1.807, 2.05) is 43.3 Å². The zero-order valence-electron chi connectivity index (χ0n) is 18.6. The van der Waals surface area contributed by atoms with E-state index in [9.17, 15) is 4.79 Å². The molecular weight excluding hydrogens is 384 g/mol. The molecule has 0 spiro atoms. The molecule has 0 N–H and O–H groups in total. The van der Waals surface area contributed by atoms with Crippen molar-refractivity contribution in [2.75, 3.05) is 18.1 Å². The molecule has 1 aromatic heterocycles. The second kappa shape index (κ2) is 9.31. The van der Waals surface area contributed by atoms with Gasteiger partial charge in [0.25, 0.3) is 5.91 Å². The van der Waals surface area contributed by atoms with Gasteiger partial charge in [-0.15, -0.1) is 0 Å². The van der Waals surface area contributed by atoms with Gasteiger partial charge in [-0.3, -0.25) is 9.69 Å². The van der Waals surface area contributed by atoms with Crippen LogP contribution in [0.15, 0.2) is 71.5 Å². The lowest BCUT2D eigenvalue weighted by molar-refractivity contribution is -0.114. The van der Waals surface area contributed by atoms with Gasteiger partial charge >= 0.3 is 0 Å². The van der Waals surface area contributed by atoms with Crippen LogP contribution in [0.3, 0.4) is 0 Å². The minimum atomic E-state index is -0.0841. The predicted octanol–water partition coefficient (Wildman–Crippen LogP) is 5.53. The number of fused-ring (bicyclic) bond motifs is 1. The zero-order valence-corrected chi connectivity index (χ0v) is 18.6. The van der Waals surface area contributed by atoms with Crippen molar-refractivity contribution in [2.45, 2.75) is 40.3 Å². The van der Waals surface area contributed by atoms with E-state index in [0.29, 0.717) is 5.57 Å². The number of nitrogens with zero attached hydrogens (tertiary/aromatic N) is 4. The van der Waals surface area contributed by atoms with E-state index in [0.717, 1.165) is 54.9 Å². The lowest BCUT2D eigenvalue weighted by atomic mass is 10.1. The van der Waals surface area contributed by atoms with E-state index in [1.54, 1.807) is 0 Å². The van der Waals surface area contributed by atoms with E-state index in [-0.39, 0.29) is 5.91 Å². The molecule has 1 aliphatic rings. The number of hydrogen-bond acceptors (Lipinski definition) is 3. The highest BCUT2D eigenvalue weighted by atomic mass is 16.2. The van der Waals surface area contributed by atoms with Gasteiger partial charge in [0.15, 0.2) is 0 Å². The van der Waals surface area contributed by atoms with E-state index in [2.05, 4.69) is 58.9 Å². The van der Waals surface area contributed by atoms with Crippen molar-refractivity contribution in [2.24, 2.45) is 5.10 Å². The summed E-state index contributed by atoms with van der Waals surface area (Å²) in [6.45, 7) is 9.34. The molecule has 0 unspecified atom stereocenters. The highest BCUT2D eigenvalue weighted by molar-refractivity contribution is 6.32. The maximum Gasteiger partial charge on any atom is 0.280 e. The largest absolute Gasteiger partial charge is 0.333 e. The number of benzene rings is 2. The second-order valence-corrected chi connectivity index (χ2v) is 8.03. The Labute approximate surface area is 184 Å². The van der Waals surface area contributed by atoms with Crippen molar-refractivity contribution in [1.29, 1.82) is 0 Å². The molecule has 0 radical (unpaired) electrons.